The first-order valence-electron chi connectivity index (χ1n) is 4.83. The average molecular weight is 194 g/mol. The molecule has 0 aromatic rings. The van der Waals surface area contributed by atoms with Gasteiger partial charge in [0, 0.05) is 0 Å². The second-order valence-corrected chi connectivity index (χ2v) is 3.36. The van der Waals surface area contributed by atoms with Crippen LogP contribution in [0.25, 0.3) is 0 Å². The highest BCUT2D eigenvalue weighted by atomic mass is 19.3. The van der Waals surface area contributed by atoms with Crippen molar-refractivity contribution in [3.63, 3.8) is 0 Å². The van der Waals surface area contributed by atoms with E-state index < -0.39 is 6.43 Å². The molecule has 4 heteroatoms. The maximum absolute atomic E-state index is 11.9. The first kappa shape index (κ1) is 12.8. The zero-order chi connectivity index (χ0) is 10.1. The van der Waals surface area contributed by atoms with Crippen LogP contribution in [-0.4, -0.2) is 38.0 Å². The Labute approximate surface area is 79.1 Å². The molecule has 80 valence electrons. The average Bonchev–Trinajstić information content (AvgIpc) is 2.02. The van der Waals surface area contributed by atoms with E-state index in [1.807, 2.05) is 0 Å². The van der Waals surface area contributed by atoms with E-state index in [0.29, 0.717) is 0 Å². The van der Waals surface area contributed by atoms with Crippen LogP contribution in [0.1, 0.15) is 25.7 Å². The molecule has 0 saturated carbocycles. The van der Waals surface area contributed by atoms with Gasteiger partial charge in [-0.15, -0.1) is 0 Å². The van der Waals surface area contributed by atoms with Crippen molar-refractivity contribution in [2.24, 2.45) is 5.73 Å². The summed E-state index contributed by atoms with van der Waals surface area (Å²) in [5, 5.41) is 0. The van der Waals surface area contributed by atoms with Crippen LogP contribution in [0, 0.1) is 0 Å². The molecule has 0 amide bonds. The Hall–Kier alpha value is -0.220. The second-order valence-electron chi connectivity index (χ2n) is 3.36. The predicted octanol–water partition coefficient (Wildman–Crippen LogP) is 1.70. The second kappa shape index (κ2) is 8.38. The fourth-order valence-electron chi connectivity index (χ4n) is 1.21. The molecular weight excluding hydrogens is 174 g/mol. The summed E-state index contributed by atoms with van der Waals surface area (Å²) in [6, 6.07) is 0. The number of nitrogens with zero attached hydrogens (tertiary/aromatic N) is 1. The van der Waals surface area contributed by atoms with Crippen LogP contribution in [0.4, 0.5) is 8.78 Å². The van der Waals surface area contributed by atoms with Crippen LogP contribution < -0.4 is 5.73 Å². The summed E-state index contributed by atoms with van der Waals surface area (Å²) in [6.07, 6.45) is 2.01. The lowest BCUT2D eigenvalue weighted by molar-refractivity contribution is 0.0995. The molecule has 0 radical (unpaired) electrons. The monoisotopic (exact) mass is 194 g/mol. The summed E-state index contributed by atoms with van der Waals surface area (Å²) in [5.74, 6) is 0. The highest BCUT2D eigenvalue weighted by Gasteiger charge is 2.06. The molecule has 0 aromatic heterocycles. The van der Waals surface area contributed by atoms with Crippen molar-refractivity contribution in [3.8, 4) is 0 Å². The Balaban J connectivity index is 3.12. The minimum atomic E-state index is -2.21. The number of rotatable bonds is 8. The summed E-state index contributed by atoms with van der Waals surface area (Å²) in [4.78, 5) is 1.67. The smallest absolute Gasteiger partial charge is 0.251 e. The summed E-state index contributed by atoms with van der Waals surface area (Å²) >= 11 is 0. The van der Waals surface area contributed by atoms with Crippen LogP contribution in [0.15, 0.2) is 0 Å². The zero-order valence-corrected chi connectivity index (χ0v) is 8.31. The highest BCUT2D eigenvalue weighted by molar-refractivity contribution is 4.53. The molecule has 0 spiro atoms. The van der Waals surface area contributed by atoms with Gasteiger partial charge in [-0.2, -0.15) is 0 Å². The minimum Gasteiger partial charge on any atom is -0.330 e. The van der Waals surface area contributed by atoms with Crippen LogP contribution in [0.5, 0.6) is 0 Å². The van der Waals surface area contributed by atoms with Crippen LogP contribution >= 0.6 is 0 Å². The van der Waals surface area contributed by atoms with Gasteiger partial charge in [0.15, 0.2) is 0 Å². The van der Waals surface area contributed by atoms with E-state index >= 15 is 0 Å². The van der Waals surface area contributed by atoms with Gasteiger partial charge in [-0.1, -0.05) is 12.8 Å². The minimum absolute atomic E-state index is 0.114. The van der Waals surface area contributed by atoms with E-state index in [0.717, 1.165) is 38.8 Å². The Bertz CT molecular complexity index is 110. The van der Waals surface area contributed by atoms with Gasteiger partial charge in [0.25, 0.3) is 6.43 Å². The number of alkyl halides is 2. The molecule has 0 fully saturated rings. The molecule has 2 N–H and O–H groups in total. The summed E-state index contributed by atoms with van der Waals surface area (Å²) in [5.41, 5.74) is 5.33. The van der Waals surface area contributed by atoms with Gasteiger partial charge in [0.2, 0.25) is 0 Å². The first-order valence-corrected chi connectivity index (χ1v) is 4.83. The topological polar surface area (TPSA) is 29.3 Å². The molecular formula is C9H20F2N2. The van der Waals surface area contributed by atoms with Crippen molar-refractivity contribution < 1.29 is 8.78 Å². The Kier molecular flexibility index (Phi) is 8.24. The molecule has 13 heavy (non-hydrogen) atoms. The number of hydrogen-bond acceptors (Lipinski definition) is 2. The molecule has 0 aliphatic heterocycles. The van der Waals surface area contributed by atoms with E-state index in [4.69, 9.17) is 5.73 Å². The van der Waals surface area contributed by atoms with E-state index in [1.165, 1.54) is 0 Å². The summed E-state index contributed by atoms with van der Waals surface area (Å²) in [6.45, 7) is 1.37. The van der Waals surface area contributed by atoms with Crippen LogP contribution in [0.2, 0.25) is 0 Å². The molecule has 0 heterocycles. The van der Waals surface area contributed by atoms with Crippen molar-refractivity contribution in [3.05, 3.63) is 0 Å². The largest absolute Gasteiger partial charge is 0.330 e. The molecule has 0 aromatic carbocycles. The summed E-state index contributed by atoms with van der Waals surface area (Å²) in [7, 11) is 1.73. The molecule has 2 nitrogen and oxygen atoms in total. The molecule has 0 aliphatic carbocycles. The Morgan fingerprint density at radius 2 is 1.77 bits per heavy atom. The van der Waals surface area contributed by atoms with Gasteiger partial charge < -0.3 is 10.6 Å². The third-order valence-corrected chi connectivity index (χ3v) is 1.94. The quantitative estimate of drug-likeness (QED) is 0.596. The van der Waals surface area contributed by atoms with Crippen molar-refractivity contribution in [2.75, 3.05) is 26.7 Å². The van der Waals surface area contributed by atoms with Gasteiger partial charge in [-0.25, -0.2) is 8.78 Å². The zero-order valence-electron chi connectivity index (χ0n) is 8.31. The van der Waals surface area contributed by atoms with Crippen molar-refractivity contribution in [1.82, 2.24) is 4.90 Å². The normalized spacial score (nSPS) is 11.5. The Morgan fingerprint density at radius 1 is 1.15 bits per heavy atom. The SMILES string of the molecule is CN(CCCCCCN)CC(F)F. The van der Waals surface area contributed by atoms with Crippen molar-refractivity contribution in [1.29, 1.82) is 0 Å². The lowest BCUT2D eigenvalue weighted by Gasteiger charge is -2.15. The van der Waals surface area contributed by atoms with E-state index in [9.17, 15) is 8.78 Å². The molecule has 0 saturated heterocycles. The number of unbranched alkanes of at least 4 members (excludes halogenated alkanes) is 3. The molecule has 0 aliphatic rings. The molecule has 0 rings (SSSR count). The van der Waals surface area contributed by atoms with Crippen molar-refractivity contribution >= 4 is 0 Å². The van der Waals surface area contributed by atoms with Gasteiger partial charge in [-0.3, -0.25) is 0 Å². The highest BCUT2D eigenvalue weighted by Crippen LogP contribution is 2.01. The Morgan fingerprint density at radius 3 is 2.31 bits per heavy atom. The third kappa shape index (κ3) is 9.70. The number of hydrogen-bond donors (Lipinski definition) is 1. The fraction of sp³-hybridized carbons (Fsp3) is 1.00. The van der Waals surface area contributed by atoms with Gasteiger partial charge >= 0.3 is 0 Å². The lowest BCUT2D eigenvalue weighted by atomic mass is 10.2. The first-order chi connectivity index (χ1) is 6.16. The maximum atomic E-state index is 11.9. The van der Waals surface area contributed by atoms with Crippen LogP contribution in [0.3, 0.4) is 0 Å². The predicted molar refractivity (Wildman–Crippen MR) is 51.0 cm³/mol. The van der Waals surface area contributed by atoms with E-state index in [1.54, 1.807) is 11.9 Å². The van der Waals surface area contributed by atoms with Gasteiger partial charge in [0.05, 0.1) is 6.54 Å². The molecule has 0 bridgehead atoms. The number of halogens is 2. The molecule has 0 atom stereocenters. The van der Waals surface area contributed by atoms with Gasteiger partial charge in [0.1, 0.15) is 0 Å². The van der Waals surface area contributed by atoms with Crippen LogP contribution in [-0.2, 0) is 0 Å². The third-order valence-electron chi connectivity index (χ3n) is 1.94. The number of nitrogens with two attached hydrogens (primary N) is 1. The standard InChI is InChI=1S/C9H20F2N2/c1-13(8-9(10)11)7-5-3-2-4-6-12/h9H,2-8,12H2,1H3. The molecule has 0 unspecified atom stereocenters. The van der Waals surface area contributed by atoms with E-state index in [-0.39, 0.29) is 6.54 Å². The fourth-order valence-corrected chi connectivity index (χ4v) is 1.21. The van der Waals surface area contributed by atoms with Crippen molar-refractivity contribution in [2.45, 2.75) is 32.1 Å². The van der Waals surface area contributed by atoms with Gasteiger partial charge in [-0.05, 0) is 33.0 Å². The summed E-state index contributed by atoms with van der Waals surface area (Å²) < 4.78 is 23.7. The maximum Gasteiger partial charge on any atom is 0.251 e. The van der Waals surface area contributed by atoms with E-state index in [2.05, 4.69) is 0 Å². The lowest BCUT2D eigenvalue weighted by Crippen LogP contribution is -2.25.